The lowest BCUT2D eigenvalue weighted by Gasteiger charge is -2.37. The number of likely N-dealkylation sites (tertiary alicyclic amines) is 1. The molecule has 1 aliphatic carbocycles. The van der Waals surface area contributed by atoms with E-state index in [1.807, 2.05) is 0 Å². The molecule has 0 amide bonds. The van der Waals surface area contributed by atoms with Gasteiger partial charge in [0.05, 0.1) is 11.7 Å². The Hall–Kier alpha value is -0.120. The van der Waals surface area contributed by atoms with Gasteiger partial charge in [0.2, 0.25) is 0 Å². The van der Waals surface area contributed by atoms with Gasteiger partial charge in [-0.3, -0.25) is 0 Å². The maximum atomic E-state index is 6.48. The molecule has 3 fully saturated rings. The van der Waals surface area contributed by atoms with Crippen LogP contribution in [-0.2, 0) is 4.74 Å². The molecule has 1 spiro atoms. The topological polar surface area (TPSA) is 38.5 Å². The molecular formula is C16H30N2O. The fourth-order valence-electron chi connectivity index (χ4n) is 4.29. The van der Waals surface area contributed by atoms with Gasteiger partial charge in [-0.15, -0.1) is 0 Å². The number of nitrogens with zero attached hydrogens (tertiary/aromatic N) is 1. The third-order valence-electron chi connectivity index (χ3n) is 5.62. The van der Waals surface area contributed by atoms with Crippen LogP contribution in [0.2, 0.25) is 0 Å². The van der Waals surface area contributed by atoms with Crippen molar-refractivity contribution in [3.8, 4) is 0 Å². The standard InChI is InChI=1S/C16H30N2O/c1-13-11-18(10-6-15(13)17)12-14-5-9-16(19-14)7-3-2-4-8-16/h13-15H,2-12,17H2,1H3. The summed E-state index contributed by atoms with van der Waals surface area (Å²) in [6.45, 7) is 5.75. The van der Waals surface area contributed by atoms with Crippen LogP contribution in [0.3, 0.4) is 0 Å². The Morgan fingerprint density at radius 1 is 1.16 bits per heavy atom. The van der Waals surface area contributed by atoms with Gasteiger partial charge in [-0.1, -0.05) is 26.2 Å². The fraction of sp³-hybridized carbons (Fsp3) is 1.00. The van der Waals surface area contributed by atoms with Crippen LogP contribution in [0, 0.1) is 5.92 Å². The van der Waals surface area contributed by atoms with Gasteiger partial charge >= 0.3 is 0 Å². The molecule has 2 heterocycles. The molecule has 3 atom stereocenters. The zero-order valence-corrected chi connectivity index (χ0v) is 12.4. The minimum atomic E-state index is 0.278. The van der Waals surface area contributed by atoms with Crippen LogP contribution in [0.1, 0.15) is 58.3 Å². The molecule has 3 aliphatic rings. The van der Waals surface area contributed by atoms with E-state index in [0.717, 1.165) is 19.5 Å². The smallest absolute Gasteiger partial charge is 0.0710 e. The van der Waals surface area contributed by atoms with Crippen LogP contribution in [-0.4, -0.2) is 42.3 Å². The van der Waals surface area contributed by atoms with E-state index < -0.39 is 0 Å². The predicted molar refractivity (Wildman–Crippen MR) is 78.1 cm³/mol. The molecule has 3 rings (SSSR count). The van der Waals surface area contributed by atoms with E-state index in [4.69, 9.17) is 10.5 Å². The molecule has 0 aromatic rings. The molecule has 110 valence electrons. The van der Waals surface area contributed by atoms with Gasteiger partial charge in [-0.25, -0.2) is 0 Å². The SMILES string of the molecule is CC1CN(CC2CCC3(CCCCC3)O2)CCC1N. The van der Waals surface area contributed by atoms with Crippen molar-refractivity contribution in [1.29, 1.82) is 0 Å². The normalized spacial score (nSPS) is 39.8. The van der Waals surface area contributed by atoms with Gasteiger partial charge < -0.3 is 15.4 Å². The third-order valence-corrected chi connectivity index (χ3v) is 5.62. The molecule has 1 saturated carbocycles. The number of hydrogen-bond acceptors (Lipinski definition) is 3. The summed E-state index contributed by atoms with van der Waals surface area (Å²) in [6, 6.07) is 0.408. The quantitative estimate of drug-likeness (QED) is 0.835. The maximum absolute atomic E-state index is 6.48. The Morgan fingerprint density at radius 2 is 1.95 bits per heavy atom. The summed E-state index contributed by atoms with van der Waals surface area (Å²) in [6.07, 6.45) is 11.0. The molecule has 3 unspecified atom stereocenters. The lowest BCUT2D eigenvalue weighted by molar-refractivity contribution is -0.0743. The van der Waals surface area contributed by atoms with Crippen molar-refractivity contribution < 1.29 is 4.74 Å². The maximum Gasteiger partial charge on any atom is 0.0710 e. The molecule has 2 N–H and O–H groups in total. The van der Waals surface area contributed by atoms with Crippen LogP contribution in [0.15, 0.2) is 0 Å². The first-order valence-corrected chi connectivity index (χ1v) is 8.33. The van der Waals surface area contributed by atoms with Gasteiger partial charge in [0.1, 0.15) is 0 Å². The second-order valence-electron chi connectivity index (χ2n) is 7.21. The first kappa shape index (κ1) is 13.8. The summed E-state index contributed by atoms with van der Waals surface area (Å²) in [5.74, 6) is 0.638. The zero-order valence-electron chi connectivity index (χ0n) is 12.4. The summed E-state index contributed by atoms with van der Waals surface area (Å²) >= 11 is 0. The number of hydrogen-bond donors (Lipinski definition) is 1. The van der Waals surface area contributed by atoms with Crippen molar-refractivity contribution in [2.45, 2.75) is 76.0 Å². The molecule has 3 heteroatoms. The van der Waals surface area contributed by atoms with E-state index in [2.05, 4.69) is 11.8 Å². The summed E-state index contributed by atoms with van der Waals surface area (Å²) in [4.78, 5) is 2.58. The highest BCUT2D eigenvalue weighted by Gasteiger charge is 2.41. The minimum absolute atomic E-state index is 0.278. The number of ether oxygens (including phenoxy) is 1. The second kappa shape index (κ2) is 5.71. The molecule has 2 saturated heterocycles. The first-order chi connectivity index (χ1) is 9.17. The van der Waals surface area contributed by atoms with Crippen LogP contribution >= 0.6 is 0 Å². The lowest BCUT2D eigenvalue weighted by atomic mass is 9.83. The van der Waals surface area contributed by atoms with Crippen molar-refractivity contribution in [2.75, 3.05) is 19.6 Å². The van der Waals surface area contributed by atoms with Crippen molar-refractivity contribution in [1.82, 2.24) is 4.90 Å². The third kappa shape index (κ3) is 3.14. The molecule has 2 aliphatic heterocycles. The Labute approximate surface area is 117 Å². The molecule has 0 bridgehead atoms. The summed E-state index contributed by atoms with van der Waals surface area (Å²) in [7, 11) is 0. The largest absolute Gasteiger partial charge is 0.370 e. The molecular weight excluding hydrogens is 236 g/mol. The van der Waals surface area contributed by atoms with Gasteiger partial charge in [0.15, 0.2) is 0 Å². The predicted octanol–water partition coefficient (Wildman–Crippen LogP) is 2.54. The van der Waals surface area contributed by atoms with E-state index >= 15 is 0 Å². The van der Waals surface area contributed by atoms with Crippen LogP contribution in [0.4, 0.5) is 0 Å². The average molecular weight is 266 g/mol. The Balaban J connectivity index is 1.49. The molecule has 3 nitrogen and oxygen atoms in total. The molecule has 0 aromatic heterocycles. The molecule has 0 radical (unpaired) electrons. The Kier molecular flexibility index (Phi) is 4.16. The molecule has 19 heavy (non-hydrogen) atoms. The van der Waals surface area contributed by atoms with Crippen molar-refractivity contribution >= 4 is 0 Å². The Bertz CT molecular complexity index is 301. The minimum Gasteiger partial charge on any atom is -0.370 e. The van der Waals surface area contributed by atoms with Gasteiger partial charge in [-0.05, 0) is 44.6 Å². The summed E-state index contributed by atoms with van der Waals surface area (Å²) in [5, 5.41) is 0. The highest BCUT2D eigenvalue weighted by molar-refractivity contribution is 4.92. The van der Waals surface area contributed by atoms with Crippen LogP contribution in [0.5, 0.6) is 0 Å². The van der Waals surface area contributed by atoms with E-state index in [0.29, 0.717) is 18.1 Å². The Morgan fingerprint density at radius 3 is 2.68 bits per heavy atom. The summed E-state index contributed by atoms with van der Waals surface area (Å²) in [5.41, 5.74) is 6.38. The van der Waals surface area contributed by atoms with E-state index in [1.165, 1.54) is 51.5 Å². The van der Waals surface area contributed by atoms with Gasteiger partial charge in [0, 0.05) is 19.1 Å². The van der Waals surface area contributed by atoms with Crippen molar-refractivity contribution in [3.63, 3.8) is 0 Å². The second-order valence-corrected chi connectivity index (χ2v) is 7.21. The fourth-order valence-corrected chi connectivity index (χ4v) is 4.29. The van der Waals surface area contributed by atoms with Crippen LogP contribution < -0.4 is 5.73 Å². The van der Waals surface area contributed by atoms with E-state index in [-0.39, 0.29) is 5.60 Å². The van der Waals surface area contributed by atoms with E-state index in [9.17, 15) is 0 Å². The zero-order chi connectivity index (χ0) is 13.3. The summed E-state index contributed by atoms with van der Waals surface area (Å²) < 4.78 is 6.48. The van der Waals surface area contributed by atoms with Crippen LogP contribution in [0.25, 0.3) is 0 Å². The van der Waals surface area contributed by atoms with Gasteiger partial charge in [-0.2, -0.15) is 0 Å². The van der Waals surface area contributed by atoms with Crippen molar-refractivity contribution in [3.05, 3.63) is 0 Å². The van der Waals surface area contributed by atoms with Gasteiger partial charge in [0.25, 0.3) is 0 Å². The van der Waals surface area contributed by atoms with E-state index in [1.54, 1.807) is 0 Å². The number of rotatable bonds is 2. The highest BCUT2D eigenvalue weighted by atomic mass is 16.5. The lowest BCUT2D eigenvalue weighted by Crippen LogP contribution is -2.48. The number of nitrogens with two attached hydrogens (primary N) is 1. The average Bonchev–Trinajstić information content (AvgIpc) is 2.78. The molecule has 0 aromatic carbocycles. The monoisotopic (exact) mass is 266 g/mol. The van der Waals surface area contributed by atoms with Crippen molar-refractivity contribution in [2.24, 2.45) is 11.7 Å². The first-order valence-electron chi connectivity index (χ1n) is 8.33. The number of piperidine rings is 1. The highest BCUT2D eigenvalue weighted by Crippen LogP contribution is 2.42.